The van der Waals surface area contributed by atoms with Crippen molar-refractivity contribution in [3.05, 3.63) is 65.5 Å². The zero-order valence-corrected chi connectivity index (χ0v) is 10.8. The second-order valence-corrected chi connectivity index (χ2v) is 4.80. The number of hydrogen-bond donors (Lipinski definition) is 1. The first-order chi connectivity index (χ1) is 9.73. The highest BCUT2D eigenvalue weighted by Gasteiger charge is 2.37. The Balaban J connectivity index is 2.03. The van der Waals surface area contributed by atoms with Crippen LogP contribution in [0, 0.1) is 17.1 Å². The van der Waals surface area contributed by atoms with Gasteiger partial charge in [-0.1, -0.05) is 30.3 Å². The van der Waals surface area contributed by atoms with E-state index in [1.807, 2.05) is 24.3 Å². The average molecular weight is 268 g/mol. The Morgan fingerprint density at radius 2 is 2.05 bits per heavy atom. The summed E-state index contributed by atoms with van der Waals surface area (Å²) in [6.07, 6.45) is 0. The molecular weight excluding hydrogens is 255 g/mol. The number of nitrogens with zero attached hydrogens (tertiary/aromatic N) is 1. The topological polar surface area (TPSA) is 45.0 Å². The molecule has 1 heterocycles. The van der Waals surface area contributed by atoms with Crippen molar-refractivity contribution in [1.29, 1.82) is 5.26 Å². The Labute approximate surface area is 116 Å². The molecule has 0 fully saturated rings. The molecule has 1 unspecified atom stereocenters. The molecular formula is C16H13FN2O. The molecule has 4 heteroatoms. The summed E-state index contributed by atoms with van der Waals surface area (Å²) in [4.78, 5) is 0. The molecule has 1 aliphatic rings. The summed E-state index contributed by atoms with van der Waals surface area (Å²) < 4.78 is 18.8. The van der Waals surface area contributed by atoms with E-state index in [0.717, 1.165) is 11.1 Å². The summed E-state index contributed by atoms with van der Waals surface area (Å²) in [5.41, 5.74) is 1.44. The number of hydrogen-bond acceptors (Lipinski definition) is 3. The highest BCUT2D eigenvalue weighted by atomic mass is 19.1. The molecule has 0 spiro atoms. The van der Waals surface area contributed by atoms with Gasteiger partial charge in [0.2, 0.25) is 0 Å². The number of benzene rings is 2. The number of nitrogens with one attached hydrogen (secondary N) is 1. The first kappa shape index (κ1) is 12.6. The fourth-order valence-electron chi connectivity index (χ4n) is 2.49. The molecule has 1 aliphatic heterocycles. The highest BCUT2D eigenvalue weighted by Crippen LogP contribution is 2.33. The van der Waals surface area contributed by atoms with Gasteiger partial charge in [-0.2, -0.15) is 5.26 Å². The van der Waals surface area contributed by atoms with Gasteiger partial charge in [0, 0.05) is 5.69 Å². The summed E-state index contributed by atoms with van der Waals surface area (Å²) in [7, 11) is 0. The van der Waals surface area contributed by atoms with Crippen LogP contribution in [0.1, 0.15) is 11.1 Å². The van der Waals surface area contributed by atoms with Gasteiger partial charge in [-0.3, -0.25) is 0 Å². The predicted octanol–water partition coefficient (Wildman–Crippen LogP) is 3.19. The lowest BCUT2D eigenvalue weighted by molar-refractivity contribution is 0.0786. The van der Waals surface area contributed by atoms with Gasteiger partial charge in [-0.05, 0) is 29.3 Å². The van der Waals surface area contributed by atoms with Crippen LogP contribution in [-0.2, 0) is 16.9 Å². The van der Waals surface area contributed by atoms with Crippen LogP contribution in [0.5, 0.6) is 0 Å². The van der Waals surface area contributed by atoms with Crippen molar-refractivity contribution < 1.29 is 9.13 Å². The number of fused-ring (bicyclic) bond motifs is 1. The number of ether oxygens (including phenoxy) is 1. The molecule has 3 rings (SSSR count). The van der Waals surface area contributed by atoms with Crippen LogP contribution in [0.15, 0.2) is 48.5 Å². The summed E-state index contributed by atoms with van der Waals surface area (Å²) in [6.45, 7) is 0.724. The number of rotatable bonds is 2. The third-order valence-electron chi connectivity index (χ3n) is 3.43. The number of halogens is 1. The molecule has 2 aromatic carbocycles. The Kier molecular flexibility index (Phi) is 3.13. The van der Waals surface area contributed by atoms with E-state index in [9.17, 15) is 9.65 Å². The summed E-state index contributed by atoms with van der Waals surface area (Å²) in [5.74, 6) is -0.340. The third-order valence-corrected chi connectivity index (χ3v) is 3.43. The molecule has 0 saturated carbocycles. The van der Waals surface area contributed by atoms with E-state index in [-0.39, 0.29) is 12.4 Å². The average Bonchev–Trinajstić information content (AvgIpc) is 2.47. The molecule has 0 saturated heterocycles. The second kappa shape index (κ2) is 4.95. The van der Waals surface area contributed by atoms with Crippen LogP contribution in [0.4, 0.5) is 10.1 Å². The van der Waals surface area contributed by atoms with Crippen molar-refractivity contribution >= 4 is 5.69 Å². The van der Waals surface area contributed by atoms with Crippen LogP contribution in [-0.4, -0.2) is 6.61 Å². The maximum Gasteiger partial charge on any atom is 0.174 e. The fourth-order valence-corrected chi connectivity index (χ4v) is 2.49. The monoisotopic (exact) mass is 268 g/mol. The first-order valence-electron chi connectivity index (χ1n) is 6.35. The molecule has 0 radical (unpaired) electrons. The largest absolute Gasteiger partial charge is 0.373 e. The molecule has 1 atom stereocenters. The zero-order valence-electron chi connectivity index (χ0n) is 10.8. The van der Waals surface area contributed by atoms with Crippen molar-refractivity contribution in [1.82, 2.24) is 0 Å². The summed E-state index contributed by atoms with van der Waals surface area (Å²) >= 11 is 0. The van der Waals surface area contributed by atoms with Gasteiger partial charge in [0.1, 0.15) is 5.82 Å². The molecule has 1 N–H and O–H groups in total. The molecule has 3 nitrogen and oxygen atoms in total. The van der Waals surface area contributed by atoms with Gasteiger partial charge in [0.15, 0.2) is 5.54 Å². The van der Waals surface area contributed by atoms with Crippen LogP contribution in [0.2, 0.25) is 0 Å². The molecule has 0 bridgehead atoms. The van der Waals surface area contributed by atoms with Gasteiger partial charge >= 0.3 is 0 Å². The number of anilines is 1. The zero-order chi connectivity index (χ0) is 14.0. The van der Waals surface area contributed by atoms with Crippen molar-refractivity contribution in [3.8, 4) is 6.07 Å². The van der Waals surface area contributed by atoms with Gasteiger partial charge < -0.3 is 10.1 Å². The minimum Gasteiger partial charge on any atom is -0.373 e. The predicted molar refractivity (Wildman–Crippen MR) is 73.4 cm³/mol. The van der Waals surface area contributed by atoms with Crippen molar-refractivity contribution in [3.63, 3.8) is 0 Å². The van der Waals surface area contributed by atoms with Crippen molar-refractivity contribution in [2.45, 2.75) is 12.1 Å². The molecule has 0 aliphatic carbocycles. The van der Waals surface area contributed by atoms with E-state index >= 15 is 0 Å². The quantitative estimate of drug-likeness (QED) is 0.909. The minimum absolute atomic E-state index is 0.233. The molecule has 20 heavy (non-hydrogen) atoms. The second-order valence-electron chi connectivity index (χ2n) is 4.80. The Hall–Kier alpha value is -2.38. The molecule has 100 valence electrons. The third kappa shape index (κ3) is 2.13. The summed E-state index contributed by atoms with van der Waals surface area (Å²) in [6, 6.07) is 16.0. The minimum atomic E-state index is -0.983. The smallest absolute Gasteiger partial charge is 0.174 e. The van der Waals surface area contributed by atoms with E-state index in [2.05, 4.69) is 11.4 Å². The lowest BCUT2D eigenvalue weighted by Crippen LogP contribution is -2.42. The summed E-state index contributed by atoms with van der Waals surface area (Å²) in [5, 5.41) is 12.7. The van der Waals surface area contributed by atoms with Crippen molar-refractivity contribution in [2.75, 3.05) is 11.9 Å². The number of nitriles is 1. The van der Waals surface area contributed by atoms with E-state index in [0.29, 0.717) is 12.3 Å². The van der Waals surface area contributed by atoms with Crippen LogP contribution in [0.25, 0.3) is 0 Å². The lowest BCUT2D eigenvalue weighted by atomic mass is 9.86. The molecule has 2 aromatic rings. The Morgan fingerprint density at radius 3 is 2.85 bits per heavy atom. The molecule has 0 aromatic heterocycles. The fraction of sp³-hybridized carbons (Fsp3) is 0.188. The van der Waals surface area contributed by atoms with Crippen LogP contribution >= 0.6 is 0 Å². The van der Waals surface area contributed by atoms with Gasteiger partial charge in [0.05, 0.1) is 19.3 Å². The van der Waals surface area contributed by atoms with E-state index < -0.39 is 5.54 Å². The standard InChI is InChI=1S/C16H13FN2O/c17-13-5-3-6-14(8-13)19-16(10-18)11-20-9-12-4-1-2-7-15(12)16/h1-8,19H,9,11H2. The van der Waals surface area contributed by atoms with Crippen molar-refractivity contribution in [2.24, 2.45) is 0 Å². The Bertz CT molecular complexity index is 680. The first-order valence-corrected chi connectivity index (χ1v) is 6.35. The van der Waals surface area contributed by atoms with Crippen LogP contribution < -0.4 is 5.32 Å². The molecule has 0 amide bonds. The lowest BCUT2D eigenvalue weighted by Gasteiger charge is -2.34. The maximum atomic E-state index is 13.3. The van der Waals surface area contributed by atoms with Gasteiger partial charge in [-0.25, -0.2) is 4.39 Å². The van der Waals surface area contributed by atoms with E-state index in [4.69, 9.17) is 4.74 Å². The SMILES string of the molecule is N#CC1(Nc2cccc(F)c2)COCc2ccccc21. The highest BCUT2D eigenvalue weighted by molar-refractivity contribution is 5.53. The van der Waals surface area contributed by atoms with Gasteiger partial charge in [0.25, 0.3) is 0 Å². The van der Waals surface area contributed by atoms with Gasteiger partial charge in [-0.15, -0.1) is 0 Å². The normalized spacial score (nSPS) is 20.8. The van der Waals surface area contributed by atoms with E-state index in [1.54, 1.807) is 12.1 Å². The maximum absolute atomic E-state index is 13.3. The van der Waals surface area contributed by atoms with E-state index in [1.165, 1.54) is 12.1 Å². The Morgan fingerprint density at radius 1 is 1.20 bits per heavy atom. The van der Waals surface area contributed by atoms with Crippen LogP contribution in [0.3, 0.4) is 0 Å².